The highest BCUT2D eigenvalue weighted by Crippen LogP contribution is 2.31. The lowest BCUT2D eigenvalue weighted by atomic mass is 10.1. The third-order valence-corrected chi connectivity index (χ3v) is 2.11. The topological polar surface area (TPSA) is 23.5 Å². The summed E-state index contributed by atoms with van der Waals surface area (Å²) in [7, 11) is 1.61. The van der Waals surface area contributed by atoms with E-state index in [9.17, 15) is 8.78 Å². The fourth-order valence-corrected chi connectivity index (χ4v) is 1.55. The van der Waals surface area contributed by atoms with Crippen LogP contribution in [0.15, 0.2) is 0 Å². The van der Waals surface area contributed by atoms with Crippen LogP contribution >= 0.6 is 0 Å². The van der Waals surface area contributed by atoms with Crippen molar-refractivity contribution in [3.8, 4) is 0 Å². The number of alkyl halides is 2. The van der Waals surface area contributed by atoms with E-state index in [0.717, 1.165) is 0 Å². The molecule has 2 atom stereocenters. The fraction of sp³-hybridized carbons (Fsp3) is 1.00. The lowest BCUT2D eigenvalue weighted by Crippen LogP contribution is -2.34. The molecule has 1 N–H and O–H groups in total. The highest BCUT2D eigenvalue weighted by molar-refractivity contribution is 4.90. The maximum atomic E-state index is 12.7. The van der Waals surface area contributed by atoms with E-state index in [1.165, 1.54) is 4.90 Å². The van der Waals surface area contributed by atoms with Crippen molar-refractivity contribution in [2.24, 2.45) is 0 Å². The Balaban J connectivity index is 2.59. The minimum absolute atomic E-state index is 0.221. The van der Waals surface area contributed by atoms with Gasteiger partial charge in [0.15, 0.2) is 0 Å². The highest BCUT2D eigenvalue weighted by atomic mass is 19.3. The van der Waals surface area contributed by atoms with E-state index in [1.54, 1.807) is 14.0 Å². The number of hydrogen-bond acceptors (Lipinski definition) is 2. The summed E-state index contributed by atoms with van der Waals surface area (Å²) in [5.74, 6) is -2.61. The van der Waals surface area contributed by atoms with Gasteiger partial charge in [-0.05, 0) is 14.0 Å². The number of likely N-dealkylation sites (N-methyl/N-ethyl adjacent to an activating group) is 1. The zero-order chi connectivity index (χ0) is 8.65. The van der Waals surface area contributed by atoms with Gasteiger partial charge in [-0.15, -0.1) is 0 Å². The summed E-state index contributed by atoms with van der Waals surface area (Å²) in [4.78, 5) is 1.50. The first kappa shape index (κ1) is 8.87. The van der Waals surface area contributed by atoms with Crippen LogP contribution in [0.4, 0.5) is 8.78 Å². The van der Waals surface area contributed by atoms with Gasteiger partial charge in [-0.3, -0.25) is 4.90 Å². The Morgan fingerprint density at radius 2 is 2.18 bits per heavy atom. The third kappa shape index (κ3) is 1.87. The summed E-state index contributed by atoms with van der Waals surface area (Å²) in [6.45, 7) is 1.31. The van der Waals surface area contributed by atoms with Gasteiger partial charge in [0.2, 0.25) is 0 Å². The minimum atomic E-state index is -2.61. The summed E-state index contributed by atoms with van der Waals surface area (Å²) < 4.78 is 25.3. The van der Waals surface area contributed by atoms with Gasteiger partial charge in [-0.25, -0.2) is 8.78 Å². The molecule has 1 saturated heterocycles. The minimum Gasteiger partial charge on any atom is -0.392 e. The molecule has 0 aromatic heterocycles. The van der Waals surface area contributed by atoms with Gasteiger partial charge in [0.25, 0.3) is 5.92 Å². The van der Waals surface area contributed by atoms with Crippen molar-refractivity contribution in [1.29, 1.82) is 0 Å². The van der Waals surface area contributed by atoms with E-state index in [2.05, 4.69) is 0 Å². The molecule has 0 saturated carbocycles. The third-order valence-electron chi connectivity index (χ3n) is 2.11. The molecule has 0 spiro atoms. The van der Waals surface area contributed by atoms with Gasteiger partial charge < -0.3 is 5.11 Å². The van der Waals surface area contributed by atoms with Gasteiger partial charge in [0, 0.05) is 12.5 Å². The molecule has 0 radical (unpaired) electrons. The van der Waals surface area contributed by atoms with E-state index in [4.69, 9.17) is 5.11 Å². The average molecular weight is 165 g/mol. The summed E-state index contributed by atoms with van der Waals surface area (Å²) in [5.41, 5.74) is 0. The van der Waals surface area contributed by atoms with Crippen molar-refractivity contribution in [3.63, 3.8) is 0 Å². The summed E-state index contributed by atoms with van der Waals surface area (Å²) in [6.07, 6.45) is -0.894. The van der Waals surface area contributed by atoms with E-state index >= 15 is 0 Å². The molecule has 1 heterocycles. The maximum Gasteiger partial charge on any atom is 0.262 e. The van der Waals surface area contributed by atoms with Gasteiger partial charge in [-0.1, -0.05) is 0 Å². The number of likely N-dealkylation sites (tertiary alicyclic amines) is 1. The molecule has 0 aliphatic carbocycles. The monoisotopic (exact) mass is 165 g/mol. The zero-order valence-corrected chi connectivity index (χ0v) is 6.72. The van der Waals surface area contributed by atoms with Crippen molar-refractivity contribution < 1.29 is 13.9 Å². The second-order valence-corrected chi connectivity index (χ2v) is 3.28. The normalized spacial score (nSPS) is 34.1. The molecule has 0 aromatic rings. The smallest absolute Gasteiger partial charge is 0.262 e. The second kappa shape index (κ2) is 2.68. The highest BCUT2D eigenvalue weighted by Gasteiger charge is 2.44. The summed E-state index contributed by atoms with van der Waals surface area (Å²) >= 11 is 0. The van der Waals surface area contributed by atoms with E-state index < -0.39 is 12.0 Å². The van der Waals surface area contributed by atoms with Crippen LogP contribution in [-0.2, 0) is 0 Å². The molecule has 1 rings (SSSR count). The van der Waals surface area contributed by atoms with Gasteiger partial charge >= 0.3 is 0 Å². The number of aliphatic hydroxyl groups excluding tert-OH is 1. The molecule has 1 unspecified atom stereocenters. The predicted molar refractivity (Wildman–Crippen MR) is 37.7 cm³/mol. The van der Waals surface area contributed by atoms with E-state index in [1.807, 2.05) is 0 Å². The number of rotatable bonds is 1. The van der Waals surface area contributed by atoms with Crippen LogP contribution in [0.5, 0.6) is 0 Å². The molecule has 1 aliphatic rings. The standard InChI is InChI=1S/C7H13F2NO/c1-5(11)6-3-7(8,9)4-10(6)2/h5-6,11H,3-4H2,1-2H3/t5?,6-/m0/s1. The van der Waals surface area contributed by atoms with E-state index in [-0.39, 0.29) is 19.0 Å². The van der Waals surface area contributed by atoms with Crippen LogP contribution in [0.2, 0.25) is 0 Å². The van der Waals surface area contributed by atoms with Crippen LogP contribution in [0.25, 0.3) is 0 Å². The SMILES string of the molecule is CC(O)[C@@H]1CC(F)(F)CN1C. The predicted octanol–water partition coefficient (Wildman–Crippen LogP) is 0.707. The summed E-state index contributed by atoms with van der Waals surface area (Å²) in [5, 5.41) is 9.08. The van der Waals surface area contributed by atoms with Crippen LogP contribution in [0, 0.1) is 0 Å². The molecule has 2 nitrogen and oxygen atoms in total. The molecule has 4 heteroatoms. The van der Waals surface area contributed by atoms with E-state index in [0.29, 0.717) is 0 Å². The van der Waals surface area contributed by atoms with Gasteiger partial charge in [-0.2, -0.15) is 0 Å². The van der Waals surface area contributed by atoms with Crippen molar-refractivity contribution in [3.05, 3.63) is 0 Å². The lowest BCUT2D eigenvalue weighted by Gasteiger charge is -2.20. The number of halogens is 2. The first-order valence-corrected chi connectivity index (χ1v) is 3.68. The Labute approximate surface area is 64.8 Å². The molecule has 0 aromatic carbocycles. The first-order valence-electron chi connectivity index (χ1n) is 3.68. The Morgan fingerprint density at radius 3 is 2.36 bits per heavy atom. The lowest BCUT2D eigenvalue weighted by molar-refractivity contribution is 0.0124. The van der Waals surface area contributed by atoms with Crippen molar-refractivity contribution >= 4 is 0 Å². The molecule has 11 heavy (non-hydrogen) atoms. The maximum absolute atomic E-state index is 12.7. The zero-order valence-electron chi connectivity index (χ0n) is 6.72. The quantitative estimate of drug-likeness (QED) is 0.618. The average Bonchev–Trinajstić information content (AvgIpc) is 2.05. The molecule has 1 aliphatic heterocycles. The first-order chi connectivity index (χ1) is 4.92. The molecular formula is C7H13F2NO. The number of nitrogens with zero attached hydrogens (tertiary/aromatic N) is 1. The van der Waals surface area contributed by atoms with Gasteiger partial charge in [0.1, 0.15) is 0 Å². The van der Waals surface area contributed by atoms with Crippen LogP contribution in [0.1, 0.15) is 13.3 Å². The molecular weight excluding hydrogens is 152 g/mol. The Kier molecular flexibility index (Phi) is 2.16. The van der Waals surface area contributed by atoms with Gasteiger partial charge in [0.05, 0.1) is 12.6 Å². The van der Waals surface area contributed by atoms with Crippen LogP contribution in [0.3, 0.4) is 0 Å². The summed E-state index contributed by atoms with van der Waals surface area (Å²) in [6, 6.07) is -0.384. The molecule has 0 amide bonds. The van der Waals surface area contributed by atoms with Crippen molar-refractivity contribution in [2.75, 3.05) is 13.6 Å². The van der Waals surface area contributed by atoms with Crippen molar-refractivity contribution in [1.82, 2.24) is 4.90 Å². The molecule has 1 fully saturated rings. The Bertz CT molecular complexity index is 149. The largest absolute Gasteiger partial charge is 0.392 e. The molecule has 66 valence electrons. The number of hydrogen-bond donors (Lipinski definition) is 1. The Hall–Kier alpha value is -0.220. The number of aliphatic hydroxyl groups is 1. The second-order valence-electron chi connectivity index (χ2n) is 3.28. The Morgan fingerprint density at radius 1 is 1.64 bits per heavy atom. The van der Waals surface area contributed by atoms with Crippen LogP contribution < -0.4 is 0 Å². The molecule has 0 bridgehead atoms. The van der Waals surface area contributed by atoms with Crippen LogP contribution in [-0.4, -0.2) is 41.7 Å². The fourth-order valence-electron chi connectivity index (χ4n) is 1.55. The van der Waals surface area contributed by atoms with Crippen molar-refractivity contribution in [2.45, 2.75) is 31.4 Å².